The molecule has 1 aromatic carbocycles. The van der Waals surface area contributed by atoms with E-state index in [0.717, 1.165) is 12.1 Å². The number of alkyl halides is 3. The van der Waals surface area contributed by atoms with Gasteiger partial charge in [-0.1, -0.05) is 32.0 Å². The fraction of sp³-hybridized carbons (Fsp3) is 0.562. The summed E-state index contributed by atoms with van der Waals surface area (Å²) >= 11 is 0. The molecule has 0 aliphatic heterocycles. The second kappa shape index (κ2) is 9.13. The second-order valence-corrected chi connectivity index (χ2v) is 5.89. The Morgan fingerprint density at radius 2 is 1.91 bits per heavy atom. The Morgan fingerprint density at radius 3 is 2.43 bits per heavy atom. The van der Waals surface area contributed by atoms with E-state index in [1.54, 1.807) is 7.05 Å². The van der Waals surface area contributed by atoms with Gasteiger partial charge in [-0.3, -0.25) is 4.79 Å². The minimum atomic E-state index is -4.39. The zero-order valence-electron chi connectivity index (χ0n) is 13.6. The van der Waals surface area contributed by atoms with Gasteiger partial charge in [-0.25, -0.2) is 0 Å². The summed E-state index contributed by atoms with van der Waals surface area (Å²) in [4.78, 5) is 13.6. The minimum Gasteiger partial charge on any atom is -0.345 e. The molecule has 1 aromatic rings. The van der Waals surface area contributed by atoms with Crippen LogP contribution in [0.4, 0.5) is 13.2 Å². The summed E-state index contributed by atoms with van der Waals surface area (Å²) < 4.78 is 37.9. The van der Waals surface area contributed by atoms with Crippen LogP contribution in [0.5, 0.6) is 0 Å². The SMILES string of the molecule is CC(C)C(N)CCN(C)C(=O)Cc1cccc(C(F)(F)F)c1.Cl. The van der Waals surface area contributed by atoms with Crippen LogP contribution in [0, 0.1) is 5.92 Å². The molecule has 132 valence electrons. The Bertz CT molecular complexity index is 506. The third-order valence-electron chi connectivity index (χ3n) is 3.69. The van der Waals surface area contributed by atoms with Gasteiger partial charge in [0.1, 0.15) is 0 Å². The zero-order valence-corrected chi connectivity index (χ0v) is 14.4. The number of benzene rings is 1. The van der Waals surface area contributed by atoms with Gasteiger partial charge in [0.05, 0.1) is 12.0 Å². The van der Waals surface area contributed by atoms with Gasteiger partial charge in [0, 0.05) is 19.6 Å². The van der Waals surface area contributed by atoms with Crippen molar-refractivity contribution in [1.82, 2.24) is 4.90 Å². The maximum Gasteiger partial charge on any atom is 0.416 e. The van der Waals surface area contributed by atoms with E-state index in [1.807, 2.05) is 13.8 Å². The molecule has 0 spiro atoms. The van der Waals surface area contributed by atoms with Crippen LogP contribution in [-0.4, -0.2) is 30.4 Å². The quantitative estimate of drug-likeness (QED) is 0.851. The Kier molecular flexibility index (Phi) is 8.63. The van der Waals surface area contributed by atoms with Gasteiger partial charge >= 0.3 is 6.18 Å². The molecule has 0 bridgehead atoms. The van der Waals surface area contributed by atoms with Crippen molar-refractivity contribution < 1.29 is 18.0 Å². The van der Waals surface area contributed by atoms with E-state index in [-0.39, 0.29) is 30.8 Å². The lowest BCUT2D eigenvalue weighted by Gasteiger charge is -2.21. The predicted octanol–water partition coefficient (Wildman–Crippen LogP) is 3.50. The summed E-state index contributed by atoms with van der Waals surface area (Å²) in [6.45, 7) is 4.52. The number of carbonyl (C=O) groups is 1. The molecule has 1 unspecified atom stereocenters. The summed E-state index contributed by atoms with van der Waals surface area (Å²) in [5, 5.41) is 0. The van der Waals surface area contributed by atoms with Crippen molar-refractivity contribution in [2.24, 2.45) is 11.7 Å². The summed E-state index contributed by atoms with van der Waals surface area (Å²) in [5.74, 6) is 0.113. The van der Waals surface area contributed by atoms with Gasteiger partial charge in [0.25, 0.3) is 0 Å². The van der Waals surface area contributed by atoms with Crippen molar-refractivity contribution in [2.45, 2.75) is 38.9 Å². The van der Waals surface area contributed by atoms with Crippen LogP contribution in [0.1, 0.15) is 31.4 Å². The first-order chi connectivity index (χ1) is 10.1. The van der Waals surface area contributed by atoms with Gasteiger partial charge < -0.3 is 10.6 Å². The van der Waals surface area contributed by atoms with E-state index >= 15 is 0 Å². The summed E-state index contributed by atoms with van der Waals surface area (Å²) in [6, 6.07) is 4.87. The molecule has 23 heavy (non-hydrogen) atoms. The largest absolute Gasteiger partial charge is 0.416 e. The van der Waals surface area contributed by atoms with E-state index in [1.165, 1.54) is 17.0 Å². The first kappa shape index (κ1) is 21.7. The Labute approximate surface area is 141 Å². The fourth-order valence-electron chi connectivity index (χ4n) is 1.97. The Balaban J connectivity index is 0.00000484. The molecule has 1 amide bonds. The fourth-order valence-corrected chi connectivity index (χ4v) is 1.97. The molecule has 0 radical (unpaired) electrons. The van der Waals surface area contributed by atoms with Crippen molar-refractivity contribution in [3.05, 3.63) is 35.4 Å². The number of halogens is 4. The summed E-state index contributed by atoms with van der Waals surface area (Å²) in [5.41, 5.74) is 5.55. The topological polar surface area (TPSA) is 46.3 Å². The van der Waals surface area contributed by atoms with Crippen LogP contribution < -0.4 is 5.73 Å². The maximum absolute atomic E-state index is 12.6. The zero-order chi connectivity index (χ0) is 16.9. The van der Waals surface area contributed by atoms with Crippen molar-refractivity contribution in [2.75, 3.05) is 13.6 Å². The lowest BCUT2D eigenvalue weighted by atomic mass is 10.0. The van der Waals surface area contributed by atoms with E-state index in [2.05, 4.69) is 0 Å². The summed E-state index contributed by atoms with van der Waals surface area (Å²) in [7, 11) is 1.64. The van der Waals surface area contributed by atoms with Crippen LogP contribution in [0.3, 0.4) is 0 Å². The standard InChI is InChI=1S/C16H23F3N2O.ClH/c1-11(2)14(20)7-8-21(3)15(22)10-12-5-4-6-13(9-12)16(17,18)19;/h4-6,9,11,14H,7-8,10,20H2,1-3H3;1H. The molecule has 0 fully saturated rings. The molecule has 1 rings (SSSR count). The first-order valence-corrected chi connectivity index (χ1v) is 7.27. The molecule has 0 aromatic heterocycles. The molecular weight excluding hydrogens is 329 g/mol. The molecule has 1 atom stereocenters. The van der Waals surface area contributed by atoms with Crippen LogP contribution in [0.25, 0.3) is 0 Å². The van der Waals surface area contributed by atoms with Crippen LogP contribution in [-0.2, 0) is 17.4 Å². The number of nitrogens with zero attached hydrogens (tertiary/aromatic N) is 1. The van der Waals surface area contributed by atoms with Crippen molar-refractivity contribution in [3.63, 3.8) is 0 Å². The molecule has 0 aliphatic rings. The van der Waals surface area contributed by atoms with Crippen LogP contribution in [0.2, 0.25) is 0 Å². The summed E-state index contributed by atoms with van der Waals surface area (Å²) in [6.07, 6.45) is -3.77. The van der Waals surface area contributed by atoms with Gasteiger partial charge in [-0.05, 0) is 24.0 Å². The third kappa shape index (κ3) is 7.22. The predicted molar refractivity (Wildman–Crippen MR) is 87.5 cm³/mol. The smallest absolute Gasteiger partial charge is 0.345 e. The van der Waals surface area contributed by atoms with Gasteiger partial charge in [-0.2, -0.15) is 13.2 Å². The number of rotatable bonds is 6. The molecule has 2 N–H and O–H groups in total. The van der Waals surface area contributed by atoms with Crippen molar-refractivity contribution in [1.29, 1.82) is 0 Å². The van der Waals surface area contributed by atoms with Gasteiger partial charge in [-0.15, -0.1) is 12.4 Å². The van der Waals surface area contributed by atoms with E-state index in [9.17, 15) is 18.0 Å². The highest BCUT2D eigenvalue weighted by Crippen LogP contribution is 2.29. The van der Waals surface area contributed by atoms with Gasteiger partial charge in [0.2, 0.25) is 5.91 Å². The maximum atomic E-state index is 12.6. The van der Waals surface area contributed by atoms with Crippen LogP contribution >= 0.6 is 12.4 Å². The lowest BCUT2D eigenvalue weighted by Crippen LogP contribution is -2.35. The van der Waals surface area contributed by atoms with E-state index < -0.39 is 11.7 Å². The normalized spacial score (nSPS) is 12.7. The highest BCUT2D eigenvalue weighted by atomic mass is 35.5. The molecule has 0 saturated carbocycles. The number of carbonyl (C=O) groups excluding carboxylic acids is 1. The number of nitrogens with two attached hydrogens (primary N) is 1. The highest BCUT2D eigenvalue weighted by Gasteiger charge is 2.30. The molecule has 7 heteroatoms. The molecular formula is C16H24ClF3N2O. The number of amides is 1. The average molecular weight is 353 g/mol. The lowest BCUT2D eigenvalue weighted by molar-refractivity contribution is -0.137. The monoisotopic (exact) mass is 352 g/mol. The Morgan fingerprint density at radius 1 is 1.30 bits per heavy atom. The molecule has 3 nitrogen and oxygen atoms in total. The van der Waals surface area contributed by atoms with Crippen molar-refractivity contribution >= 4 is 18.3 Å². The van der Waals surface area contributed by atoms with Crippen molar-refractivity contribution in [3.8, 4) is 0 Å². The van der Waals surface area contributed by atoms with E-state index in [4.69, 9.17) is 5.73 Å². The number of hydrogen-bond acceptors (Lipinski definition) is 2. The first-order valence-electron chi connectivity index (χ1n) is 7.27. The number of hydrogen-bond donors (Lipinski definition) is 1. The minimum absolute atomic E-state index is 0. The molecule has 0 saturated heterocycles. The molecule has 0 heterocycles. The highest BCUT2D eigenvalue weighted by molar-refractivity contribution is 5.85. The molecule has 0 aliphatic carbocycles. The second-order valence-electron chi connectivity index (χ2n) is 5.89. The third-order valence-corrected chi connectivity index (χ3v) is 3.69. The van der Waals surface area contributed by atoms with E-state index in [0.29, 0.717) is 24.4 Å². The number of likely N-dealkylation sites (N-methyl/N-ethyl adjacent to an activating group) is 1. The van der Waals surface area contributed by atoms with Crippen LogP contribution in [0.15, 0.2) is 24.3 Å². The average Bonchev–Trinajstić information content (AvgIpc) is 2.43. The Hall–Kier alpha value is -1.27. The van der Waals surface area contributed by atoms with Gasteiger partial charge in [0.15, 0.2) is 0 Å².